The Hall–Kier alpha value is -3.44. The van der Waals surface area contributed by atoms with Gasteiger partial charge in [-0.2, -0.15) is 0 Å². The molecule has 1 fully saturated rings. The number of ether oxygens (including phenoxy) is 1. The molecular formula is C27H30F3N3O5. The zero-order valence-corrected chi connectivity index (χ0v) is 21.4. The maximum atomic E-state index is 14.4. The molecule has 0 saturated carbocycles. The number of aromatic carboxylic acids is 1. The van der Waals surface area contributed by atoms with Crippen LogP contribution in [0.4, 0.5) is 19.0 Å². The van der Waals surface area contributed by atoms with Gasteiger partial charge in [0, 0.05) is 37.0 Å². The van der Waals surface area contributed by atoms with E-state index in [1.54, 1.807) is 0 Å². The number of aliphatic hydroxyl groups excluding tert-OH is 1. The van der Waals surface area contributed by atoms with Crippen LogP contribution in [0, 0.1) is 22.9 Å². The van der Waals surface area contributed by atoms with Crippen molar-refractivity contribution in [1.82, 2.24) is 9.55 Å². The predicted octanol–water partition coefficient (Wildman–Crippen LogP) is 3.71. The predicted molar refractivity (Wildman–Crippen MR) is 135 cm³/mol. The van der Waals surface area contributed by atoms with Crippen molar-refractivity contribution in [3.63, 3.8) is 0 Å². The van der Waals surface area contributed by atoms with Gasteiger partial charge in [0.25, 0.3) is 0 Å². The smallest absolute Gasteiger partial charge is 0.341 e. The maximum Gasteiger partial charge on any atom is 0.341 e. The molecule has 0 amide bonds. The highest BCUT2D eigenvalue weighted by atomic mass is 19.1. The van der Waals surface area contributed by atoms with Gasteiger partial charge < -0.3 is 24.4 Å². The summed E-state index contributed by atoms with van der Waals surface area (Å²) in [6.45, 7) is 7.10. The number of rotatable bonds is 7. The molecule has 3 heterocycles. The van der Waals surface area contributed by atoms with Crippen LogP contribution in [0.5, 0.6) is 0 Å². The number of hydrogen-bond acceptors (Lipinski definition) is 6. The fourth-order valence-corrected chi connectivity index (χ4v) is 4.78. The number of carboxylic acids is 1. The highest BCUT2D eigenvalue weighted by molar-refractivity contribution is 5.92. The van der Waals surface area contributed by atoms with Gasteiger partial charge in [-0.1, -0.05) is 20.8 Å². The number of fused-ring (bicyclic) bond motifs is 1. The lowest BCUT2D eigenvalue weighted by atomic mass is 9.86. The van der Waals surface area contributed by atoms with E-state index in [0.717, 1.165) is 0 Å². The summed E-state index contributed by atoms with van der Waals surface area (Å²) in [6.07, 6.45) is 1.11. The number of pyridine rings is 2. The van der Waals surface area contributed by atoms with E-state index in [2.05, 4.69) is 0 Å². The number of aromatic nitrogens is 2. The Morgan fingerprint density at radius 2 is 1.74 bits per heavy atom. The van der Waals surface area contributed by atoms with E-state index < -0.39 is 45.9 Å². The largest absolute Gasteiger partial charge is 0.477 e. The van der Waals surface area contributed by atoms with Crippen LogP contribution in [0.15, 0.2) is 29.2 Å². The van der Waals surface area contributed by atoms with Gasteiger partial charge in [-0.3, -0.25) is 4.79 Å². The molecule has 2 aromatic heterocycles. The molecule has 11 heteroatoms. The van der Waals surface area contributed by atoms with Crippen LogP contribution in [-0.2, 0) is 17.6 Å². The van der Waals surface area contributed by atoms with Crippen LogP contribution in [0.1, 0.15) is 48.3 Å². The summed E-state index contributed by atoms with van der Waals surface area (Å²) in [5.41, 5.74) is -1.39. The Balaban J connectivity index is 1.95. The first-order chi connectivity index (χ1) is 17.9. The molecule has 1 saturated heterocycles. The number of carboxylic acid groups (broad SMARTS) is 1. The average molecular weight is 534 g/mol. The third-order valence-electron chi connectivity index (χ3n) is 6.86. The van der Waals surface area contributed by atoms with Gasteiger partial charge in [0.1, 0.15) is 34.5 Å². The molecule has 8 nitrogen and oxygen atoms in total. The Labute approximate surface area is 217 Å². The van der Waals surface area contributed by atoms with Crippen molar-refractivity contribution in [1.29, 1.82) is 0 Å². The van der Waals surface area contributed by atoms with Crippen LogP contribution in [-0.4, -0.2) is 58.6 Å². The van der Waals surface area contributed by atoms with E-state index in [9.17, 15) is 33.0 Å². The topological polar surface area (TPSA) is 105 Å². The highest BCUT2D eigenvalue weighted by Crippen LogP contribution is 2.34. The Morgan fingerprint density at radius 3 is 2.29 bits per heavy atom. The lowest BCUT2D eigenvalue weighted by Gasteiger charge is -2.33. The normalized spacial score (nSPS) is 15.2. The molecular weight excluding hydrogens is 503 g/mol. The number of aryl methyl sites for hydroxylation is 1. The highest BCUT2D eigenvalue weighted by Gasteiger charge is 2.30. The summed E-state index contributed by atoms with van der Waals surface area (Å²) < 4.78 is 49.1. The molecule has 1 atom stereocenters. The van der Waals surface area contributed by atoms with E-state index in [-0.39, 0.29) is 36.0 Å². The molecule has 204 valence electrons. The molecule has 0 aliphatic carbocycles. The molecule has 38 heavy (non-hydrogen) atoms. The van der Waals surface area contributed by atoms with E-state index >= 15 is 0 Å². The van der Waals surface area contributed by atoms with Crippen LogP contribution in [0.3, 0.4) is 0 Å². The number of benzene rings is 1. The van der Waals surface area contributed by atoms with Crippen molar-refractivity contribution in [3.8, 4) is 0 Å². The zero-order valence-electron chi connectivity index (χ0n) is 21.4. The molecule has 0 unspecified atom stereocenters. The SMILES string of the molecule is CC(C)(C)[C@@H](CO)n1cc(C(=O)O)c(=O)c2cc(CCc3c(F)cc(F)cc3F)c(N3CCOCC3)nc21. The van der Waals surface area contributed by atoms with Gasteiger partial charge in [-0.05, 0) is 29.9 Å². The Kier molecular flexibility index (Phi) is 7.80. The van der Waals surface area contributed by atoms with E-state index in [1.165, 1.54) is 16.8 Å². The minimum atomic E-state index is -1.43. The van der Waals surface area contributed by atoms with E-state index in [1.807, 2.05) is 25.7 Å². The van der Waals surface area contributed by atoms with E-state index in [4.69, 9.17) is 9.72 Å². The molecule has 1 aliphatic rings. The van der Waals surface area contributed by atoms with Crippen molar-refractivity contribution in [2.24, 2.45) is 5.41 Å². The number of aliphatic hydroxyl groups is 1. The van der Waals surface area contributed by atoms with Gasteiger partial charge in [-0.25, -0.2) is 22.9 Å². The molecule has 3 aromatic rings. The minimum absolute atomic E-state index is 0.0136. The van der Waals surface area contributed by atoms with Crippen LogP contribution in [0.2, 0.25) is 0 Å². The number of nitrogens with zero attached hydrogens (tertiary/aromatic N) is 3. The van der Waals surface area contributed by atoms with Gasteiger partial charge >= 0.3 is 5.97 Å². The van der Waals surface area contributed by atoms with Crippen molar-refractivity contribution >= 4 is 22.8 Å². The third kappa shape index (κ3) is 5.39. The summed E-state index contributed by atoms with van der Waals surface area (Å²) in [7, 11) is 0. The number of morpholine rings is 1. The van der Waals surface area contributed by atoms with Crippen LogP contribution in [0.25, 0.3) is 11.0 Å². The molecule has 0 spiro atoms. The lowest BCUT2D eigenvalue weighted by Crippen LogP contribution is -2.38. The summed E-state index contributed by atoms with van der Waals surface area (Å²) in [4.78, 5) is 31.9. The second-order valence-electron chi connectivity index (χ2n) is 10.4. The van der Waals surface area contributed by atoms with Crippen molar-refractivity contribution in [2.45, 2.75) is 39.7 Å². The molecule has 1 aromatic carbocycles. The second kappa shape index (κ2) is 10.7. The Morgan fingerprint density at radius 1 is 1.11 bits per heavy atom. The summed E-state index contributed by atoms with van der Waals surface area (Å²) >= 11 is 0. The monoisotopic (exact) mass is 533 g/mol. The van der Waals surface area contributed by atoms with E-state index in [0.29, 0.717) is 49.8 Å². The number of halogens is 3. The number of hydrogen-bond donors (Lipinski definition) is 2. The lowest BCUT2D eigenvalue weighted by molar-refractivity contribution is 0.0692. The Bertz CT molecular complexity index is 1410. The minimum Gasteiger partial charge on any atom is -0.477 e. The molecule has 2 N–H and O–H groups in total. The maximum absolute atomic E-state index is 14.4. The fourth-order valence-electron chi connectivity index (χ4n) is 4.78. The van der Waals surface area contributed by atoms with Gasteiger partial charge in [0.2, 0.25) is 5.43 Å². The van der Waals surface area contributed by atoms with Crippen molar-refractivity contribution < 1.29 is 32.9 Å². The molecule has 0 bridgehead atoms. The molecule has 4 rings (SSSR count). The number of carbonyl (C=O) groups is 1. The molecule has 0 radical (unpaired) electrons. The number of anilines is 1. The quantitative estimate of drug-likeness (QED) is 0.477. The second-order valence-corrected chi connectivity index (χ2v) is 10.4. The molecule has 1 aliphatic heterocycles. The zero-order chi connectivity index (χ0) is 27.8. The first kappa shape index (κ1) is 27.6. The van der Waals surface area contributed by atoms with Crippen molar-refractivity contribution in [3.05, 3.63) is 68.8 Å². The van der Waals surface area contributed by atoms with Gasteiger partial charge in [0.05, 0.1) is 31.2 Å². The summed E-state index contributed by atoms with van der Waals surface area (Å²) in [6, 6.07) is 2.12. The first-order valence-corrected chi connectivity index (χ1v) is 12.3. The summed E-state index contributed by atoms with van der Waals surface area (Å²) in [5, 5.41) is 20.0. The van der Waals surface area contributed by atoms with Gasteiger partial charge in [-0.15, -0.1) is 0 Å². The third-order valence-corrected chi connectivity index (χ3v) is 6.86. The van der Waals surface area contributed by atoms with Crippen molar-refractivity contribution in [2.75, 3.05) is 37.8 Å². The van der Waals surface area contributed by atoms with Gasteiger partial charge in [0.15, 0.2) is 0 Å². The van der Waals surface area contributed by atoms with Crippen LogP contribution >= 0.6 is 0 Å². The van der Waals surface area contributed by atoms with Crippen LogP contribution < -0.4 is 10.3 Å². The summed E-state index contributed by atoms with van der Waals surface area (Å²) in [5.74, 6) is -4.02. The standard InChI is InChI=1S/C27H30F3N3O5/c1-27(2,3)22(14-34)33-13-19(26(36)37)23(35)18-10-15(4-5-17-20(29)11-16(28)12-21(17)30)24(31-25(18)33)32-6-8-38-9-7-32/h10-13,22,34H,4-9,14H2,1-3H3,(H,36,37)/t22-/m1/s1. The average Bonchev–Trinajstić information content (AvgIpc) is 2.84. The fraction of sp³-hybridized carbons (Fsp3) is 0.444. The first-order valence-electron chi connectivity index (χ1n) is 12.3.